The Morgan fingerprint density at radius 1 is 1.07 bits per heavy atom. The summed E-state index contributed by atoms with van der Waals surface area (Å²) in [7, 11) is 1.84. The second kappa shape index (κ2) is 7.32. The normalized spacial score (nSPS) is 11.2. The third kappa shape index (κ3) is 3.45. The lowest BCUT2D eigenvalue weighted by Gasteiger charge is -2.05. The van der Waals surface area contributed by atoms with Crippen molar-refractivity contribution in [2.24, 2.45) is 5.73 Å². The molecule has 1 amide bonds. The summed E-state index contributed by atoms with van der Waals surface area (Å²) in [6.45, 7) is 0. The number of pyridine rings is 3. The maximum atomic E-state index is 10.9. The van der Waals surface area contributed by atoms with Crippen LogP contribution in [0, 0.1) is 0 Å². The Morgan fingerprint density at radius 2 is 1.89 bits per heavy atom. The van der Waals surface area contributed by atoms with Gasteiger partial charge in [0, 0.05) is 54.4 Å². The van der Waals surface area contributed by atoms with Gasteiger partial charge in [-0.1, -0.05) is 0 Å². The van der Waals surface area contributed by atoms with Crippen LogP contribution >= 0.6 is 0 Å². The van der Waals surface area contributed by atoms with Crippen LogP contribution in [0.3, 0.4) is 0 Å². The van der Waals surface area contributed by atoms with E-state index in [-0.39, 0.29) is 0 Å². The average molecular weight is 370 g/mol. The van der Waals surface area contributed by atoms with E-state index in [0.717, 1.165) is 39.1 Å². The molecule has 0 radical (unpaired) electrons. The van der Waals surface area contributed by atoms with Crippen LogP contribution in [0.1, 0.15) is 5.69 Å². The molecule has 0 fully saturated rings. The number of aromatic amines is 1. The molecule has 0 aliphatic rings. The van der Waals surface area contributed by atoms with Crippen LogP contribution < -0.4 is 11.1 Å². The van der Waals surface area contributed by atoms with Gasteiger partial charge in [0.1, 0.15) is 11.5 Å². The number of rotatable bonds is 5. The summed E-state index contributed by atoms with van der Waals surface area (Å²) in [5.74, 6) is 0.293. The minimum atomic E-state index is -0.509. The Morgan fingerprint density at radius 3 is 2.71 bits per heavy atom. The number of carbonyl (C=O) groups is 1. The maximum Gasteiger partial charge on any atom is 0.241 e. The van der Waals surface area contributed by atoms with Crippen molar-refractivity contribution in [3.8, 4) is 22.3 Å². The molecule has 0 spiro atoms. The molecule has 0 aliphatic heterocycles. The van der Waals surface area contributed by atoms with E-state index in [2.05, 4.69) is 31.3 Å². The molecule has 0 atom stereocenters. The third-order valence-electron chi connectivity index (χ3n) is 4.39. The zero-order valence-electron chi connectivity index (χ0n) is 15.2. The van der Waals surface area contributed by atoms with E-state index in [4.69, 9.17) is 5.73 Å². The van der Waals surface area contributed by atoms with E-state index in [1.807, 2.05) is 43.7 Å². The standard InChI is InChI=1S/C21H18N6O/c1-23-20-10-14(5-7-25-20)18-12-27-21-17(18)9-15(11-26-21)13-4-6-24-16(8-13)2-3-19(22)28/h2-12H,1H3,(H2,22,28)(H,23,25)(H,26,27). The van der Waals surface area contributed by atoms with Gasteiger partial charge in [-0.2, -0.15) is 0 Å². The lowest BCUT2D eigenvalue weighted by Crippen LogP contribution is -2.05. The molecule has 4 aromatic heterocycles. The molecule has 0 unspecified atom stereocenters. The molecule has 0 aromatic carbocycles. The van der Waals surface area contributed by atoms with Gasteiger partial charge < -0.3 is 16.0 Å². The highest BCUT2D eigenvalue weighted by Gasteiger charge is 2.10. The summed E-state index contributed by atoms with van der Waals surface area (Å²) in [6.07, 6.45) is 10.1. The molecular formula is C21H18N6O. The zero-order valence-corrected chi connectivity index (χ0v) is 15.2. The third-order valence-corrected chi connectivity index (χ3v) is 4.39. The predicted molar refractivity (Wildman–Crippen MR) is 110 cm³/mol. The van der Waals surface area contributed by atoms with Gasteiger partial charge in [0.05, 0.1) is 5.69 Å². The zero-order chi connectivity index (χ0) is 19.5. The van der Waals surface area contributed by atoms with Crippen LogP contribution in [0.15, 0.2) is 61.2 Å². The first-order valence-corrected chi connectivity index (χ1v) is 8.69. The van der Waals surface area contributed by atoms with Crippen LogP contribution in [-0.2, 0) is 4.79 Å². The van der Waals surface area contributed by atoms with Gasteiger partial charge in [0.15, 0.2) is 0 Å². The molecule has 4 heterocycles. The predicted octanol–water partition coefficient (Wildman–Crippen LogP) is 3.23. The number of nitrogens with two attached hydrogens (primary N) is 1. The second-order valence-electron chi connectivity index (χ2n) is 6.21. The Hall–Kier alpha value is -4.00. The molecule has 7 nitrogen and oxygen atoms in total. The molecule has 0 saturated heterocycles. The summed E-state index contributed by atoms with van der Waals surface area (Å²) < 4.78 is 0. The van der Waals surface area contributed by atoms with Gasteiger partial charge in [-0.15, -0.1) is 0 Å². The monoisotopic (exact) mass is 370 g/mol. The van der Waals surface area contributed by atoms with E-state index < -0.39 is 5.91 Å². The molecule has 0 saturated carbocycles. The SMILES string of the molecule is CNc1cc(-c2c[nH]c3ncc(-c4ccnc(C=CC(N)=O)c4)cc23)ccn1. The maximum absolute atomic E-state index is 10.9. The first kappa shape index (κ1) is 17.4. The van der Waals surface area contributed by atoms with Crippen LogP contribution in [0.5, 0.6) is 0 Å². The van der Waals surface area contributed by atoms with Crippen molar-refractivity contribution in [3.05, 3.63) is 66.9 Å². The number of anilines is 1. The van der Waals surface area contributed by atoms with Gasteiger partial charge in [-0.3, -0.25) is 9.78 Å². The van der Waals surface area contributed by atoms with Gasteiger partial charge in [0.2, 0.25) is 5.91 Å². The smallest absolute Gasteiger partial charge is 0.241 e. The summed E-state index contributed by atoms with van der Waals surface area (Å²) in [5, 5.41) is 4.07. The fourth-order valence-electron chi connectivity index (χ4n) is 3.02. The molecular weight excluding hydrogens is 352 g/mol. The van der Waals surface area contributed by atoms with Gasteiger partial charge in [-0.25, -0.2) is 9.97 Å². The van der Waals surface area contributed by atoms with E-state index in [1.165, 1.54) is 6.08 Å². The molecule has 4 rings (SSSR count). The molecule has 0 bridgehead atoms. The number of nitrogens with one attached hydrogen (secondary N) is 2. The van der Waals surface area contributed by atoms with E-state index in [1.54, 1.807) is 18.5 Å². The number of carbonyl (C=O) groups excluding carboxylic acids is 1. The van der Waals surface area contributed by atoms with Crippen LogP contribution in [0.25, 0.3) is 39.4 Å². The minimum Gasteiger partial charge on any atom is -0.373 e. The van der Waals surface area contributed by atoms with Crippen molar-refractivity contribution in [1.29, 1.82) is 0 Å². The first-order valence-electron chi connectivity index (χ1n) is 8.69. The van der Waals surface area contributed by atoms with Crippen molar-refractivity contribution in [3.63, 3.8) is 0 Å². The van der Waals surface area contributed by atoms with Crippen molar-refractivity contribution >= 4 is 28.8 Å². The number of hydrogen-bond acceptors (Lipinski definition) is 5. The van der Waals surface area contributed by atoms with Gasteiger partial charge in [0.25, 0.3) is 0 Å². The van der Waals surface area contributed by atoms with Crippen LogP contribution in [-0.4, -0.2) is 32.9 Å². The number of nitrogens with zero attached hydrogens (tertiary/aromatic N) is 3. The molecule has 0 aliphatic carbocycles. The Kier molecular flexibility index (Phi) is 4.55. The van der Waals surface area contributed by atoms with E-state index in [9.17, 15) is 4.79 Å². The highest BCUT2D eigenvalue weighted by atomic mass is 16.1. The Balaban J connectivity index is 1.78. The summed E-state index contributed by atoms with van der Waals surface area (Å²) >= 11 is 0. The van der Waals surface area contributed by atoms with Crippen LogP contribution in [0.2, 0.25) is 0 Å². The van der Waals surface area contributed by atoms with E-state index in [0.29, 0.717) is 5.69 Å². The first-order chi connectivity index (χ1) is 13.6. The Labute approximate surface area is 161 Å². The van der Waals surface area contributed by atoms with Crippen molar-refractivity contribution in [1.82, 2.24) is 19.9 Å². The average Bonchev–Trinajstić information content (AvgIpc) is 3.16. The van der Waals surface area contributed by atoms with Gasteiger partial charge in [-0.05, 0) is 47.5 Å². The van der Waals surface area contributed by atoms with E-state index >= 15 is 0 Å². The van der Waals surface area contributed by atoms with Gasteiger partial charge >= 0.3 is 0 Å². The van der Waals surface area contributed by atoms with Crippen molar-refractivity contribution in [2.75, 3.05) is 12.4 Å². The second-order valence-corrected chi connectivity index (χ2v) is 6.21. The largest absolute Gasteiger partial charge is 0.373 e. The quantitative estimate of drug-likeness (QED) is 0.467. The van der Waals surface area contributed by atoms with Crippen LogP contribution in [0.4, 0.5) is 5.82 Å². The number of hydrogen-bond donors (Lipinski definition) is 3. The molecule has 4 N–H and O–H groups in total. The number of amides is 1. The molecule has 7 heteroatoms. The minimum absolute atomic E-state index is 0.509. The molecule has 138 valence electrons. The summed E-state index contributed by atoms with van der Waals surface area (Å²) in [6, 6.07) is 9.84. The van der Waals surface area contributed by atoms with Crippen molar-refractivity contribution in [2.45, 2.75) is 0 Å². The summed E-state index contributed by atoms with van der Waals surface area (Å²) in [4.78, 5) is 27.2. The Bertz CT molecular complexity index is 1190. The highest BCUT2D eigenvalue weighted by Crippen LogP contribution is 2.31. The highest BCUT2D eigenvalue weighted by molar-refractivity contribution is 5.96. The number of primary amides is 1. The molecule has 28 heavy (non-hydrogen) atoms. The lowest BCUT2D eigenvalue weighted by molar-refractivity contribution is -0.113. The fourth-order valence-corrected chi connectivity index (χ4v) is 3.02. The lowest BCUT2D eigenvalue weighted by atomic mass is 10.0. The summed E-state index contributed by atoms with van der Waals surface area (Å²) in [5.41, 5.74) is 10.6. The topological polar surface area (TPSA) is 110 Å². The number of H-pyrrole nitrogens is 1. The molecule has 4 aromatic rings. The number of aromatic nitrogens is 4. The fraction of sp³-hybridized carbons (Fsp3) is 0.0476. The van der Waals surface area contributed by atoms with Crippen molar-refractivity contribution < 1.29 is 4.79 Å². The number of fused-ring (bicyclic) bond motifs is 1.